The molecule has 0 fully saturated rings. The van der Waals surface area contributed by atoms with Gasteiger partial charge in [-0.3, -0.25) is 4.90 Å². The number of quaternary nitrogens is 1. The van der Waals surface area contributed by atoms with E-state index in [4.69, 9.17) is 4.39 Å². The summed E-state index contributed by atoms with van der Waals surface area (Å²) >= 11 is 0. The van der Waals surface area contributed by atoms with Crippen molar-refractivity contribution in [2.75, 3.05) is 37.0 Å². The first-order valence-corrected chi connectivity index (χ1v) is 10.5. The highest BCUT2D eigenvalue weighted by Crippen LogP contribution is 2.44. The first kappa shape index (κ1) is 21.4. The molecule has 2 unspecified atom stereocenters. The molecule has 1 aliphatic rings. The molecule has 0 N–H and O–H groups in total. The Hall–Kier alpha value is -2.27. The lowest BCUT2D eigenvalue weighted by Gasteiger charge is -2.26. The van der Waals surface area contributed by atoms with Gasteiger partial charge in [0.15, 0.2) is 0 Å². The van der Waals surface area contributed by atoms with Crippen molar-refractivity contribution in [2.24, 2.45) is 10.2 Å². The third kappa shape index (κ3) is 4.35. The summed E-state index contributed by atoms with van der Waals surface area (Å²) in [5, 5.41) is 8.59. The summed E-state index contributed by atoms with van der Waals surface area (Å²) in [5.74, 6) is 0. The maximum atomic E-state index is 11.4. The molecule has 0 radical (unpaired) electrons. The van der Waals surface area contributed by atoms with Gasteiger partial charge in [-0.1, -0.05) is 12.1 Å². The van der Waals surface area contributed by atoms with Crippen molar-refractivity contribution >= 4 is 22.7 Å². The summed E-state index contributed by atoms with van der Waals surface area (Å²) in [4.78, 5) is 3.94. The highest BCUT2D eigenvalue weighted by Gasteiger charge is 2.59. The SMILES string of the molecule is CCN(CC)c1ccc(N=NC2N(C)c3ccccc3[N+]2(C)O[Cl+3]([O-])([O-])[O-])cc1. The van der Waals surface area contributed by atoms with Crippen molar-refractivity contribution in [1.29, 1.82) is 0 Å². The first-order valence-electron chi connectivity index (χ1n) is 9.26. The maximum absolute atomic E-state index is 11.4. The van der Waals surface area contributed by atoms with E-state index in [9.17, 15) is 14.0 Å². The van der Waals surface area contributed by atoms with Crippen LogP contribution in [0.3, 0.4) is 0 Å². The van der Waals surface area contributed by atoms with Crippen LogP contribution in [0.2, 0.25) is 0 Å². The Morgan fingerprint density at radius 3 is 2.28 bits per heavy atom. The van der Waals surface area contributed by atoms with E-state index in [1.54, 1.807) is 30.1 Å². The molecule has 0 saturated carbocycles. The highest BCUT2D eigenvalue weighted by atomic mass is 35.7. The predicted molar refractivity (Wildman–Crippen MR) is 102 cm³/mol. The summed E-state index contributed by atoms with van der Waals surface area (Å²) in [7, 11) is -1.47. The van der Waals surface area contributed by atoms with Gasteiger partial charge in [-0.05, 0) is 44.2 Å². The molecule has 0 saturated heterocycles. The second-order valence-electron chi connectivity index (χ2n) is 6.79. The fourth-order valence-electron chi connectivity index (χ4n) is 3.58. The van der Waals surface area contributed by atoms with Crippen LogP contribution in [-0.2, 0) is 4.39 Å². The van der Waals surface area contributed by atoms with E-state index in [1.807, 2.05) is 30.3 Å². The number of rotatable bonds is 7. The number of nitrogens with zero attached hydrogens (tertiary/aromatic N) is 5. The number of anilines is 2. The molecule has 0 aliphatic carbocycles. The molecule has 0 aromatic heterocycles. The summed E-state index contributed by atoms with van der Waals surface area (Å²) in [6.45, 7) is 5.98. The first-order chi connectivity index (χ1) is 13.7. The number of benzene rings is 2. The Bertz CT molecular complexity index is 870. The average molecular weight is 423 g/mol. The van der Waals surface area contributed by atoms with Gasteiger partial charge < -0.3 is 4.90 Å². The molecule has 1 heterocycles. The molecule has 9 nitrogen and oxygen atoms in total. The largest absolute Gasteiger partial charge is 0.372 e. The number of hydrogen-bond acceptors (Lipinski definition) is 8. The summed E-state index contributed by atoms with van der Waals surface area (Å²) in [6.07, 6.45) is -0.883. The van der Waals surface area contributed by atoms with E-state index >= 15 is 0 Å². The second kappa shape index (κ2) is 8.23. The zero-order valence-corrected chi connectivity index (χ0v) is 17.6. The zero-order valence-electron chi connectivity index (χ0n) is 16.9. The molecule has 1 aliphatic heterocycles. The fourth-order valence-corrected chi connectivity index (χ4v) is 4.08. The number of halogens is 1. The second-order valence-corrected chi connectivity index (χ2v) is 7.68. The molecule has 156 valence electrons. The van der Waals surface area contributed by atoms with Crippen LogP contribution < -0.4 is 28.4 Å². The topological polar surface area (TPSA) is 110 Å². The lowest BCUT2D eigenvalue weighted by atomic mass is 10.2. The van der Waals surface area contributed by atoms with Crippen LogP contribution in [0.4, 0.5) is 22.7 Å². The predicted octanol–water partition coefficient (Wildman–Crippen LogP) is 0.816. The monoisotopic (exact) mass is 422 g/mol. The fraction of sp³-hybridized carbons (Fsp3) is 0.368. The normalized spacial score (nSPS) is 21.6. The van der Waals surface area contributed by atoms with Gasteiger partial charge in [0.1, 0.15) is 23.0 Å². The lowest BCUT2D eigenvalue weighted by molar-refractivity contribution is -1.92. The van der Waals surface area contributed by atoms with Gasteiger partial charge in [-0.2, -0.15) is 14.0 Å². The quantitative estimate of drug-likeness (QED) is 0.482. The van der Waals surface area contributed by atoms with Gasteiger partial charge in [0.2, 0.25) is 5.69 Å². The summed E-state index contributed by atoms with van der Waals surface area (Å²) in [6, 6.07) is 14.7. The Balaban J connectivity index is 1.90. The van der Waals surface area contributed by atoms with Crippen LogP contribution in [0.25, 0.3) is 0 Å². The molecule has 0 amide bonds. The van der Waals surface area contributed by atoms with E-state index in [-0.39, 0.29) is 0 Å². The average Bonchev–Trinajstić information content (AvgIpc) is 2.88. The van der Waals surface area contributed by atoms with Crippen molar-refractivity contribution in [3.05, 3.63) is 48.5 Å². The van der Waals surface area contributed by atoms with Crippen molar-refractivity contribution < 1.29 is 28.6 Å². The highest BCUT2D eigenvalue weighted by molar-refractivity contribution is 5.73. The van der Waals surface area contributed by atoms with E-state index < -0.39 is 21.2 Å². The van der Waals surface area contributed by atoms with E-state index in [0.29, 0.717) is 17.1 Å². The van der Waals surface area contributed by atoms with Gasteiger partial charge in [-0.15, -0.1) is 10.2 Å². The number of para-hydroxylation sites is 2. The molecule has 2 aromatic carbocycles. The summed E-state index contributed by atoms with van der Waals surface area (Å²) in [5.41, 5.74) is 2.90. The van der Waals surface area contributed by atoms with E-state index in [1.165, 1.54) is 7.05 Å². The van der Waals surface area contributed by atoms with Crippen LogP contribution in [-0.4, -0.2) is 33.5 Å². The minimum Gasteiger partial charge on any atom is -0.372 e. The standard InChI is InChI=1S/C19H25ClN5O4/c1-5-24(6-2)16-13-11-15(12-14-16)21-22-19-23(3)17-9-7-8-10-18(17)25(19,4)29-20(26,27)28/h7-14,19H,5-6H2,1-4H3/q+1. The number of hydrogen-bond donors (Lipinski definition) is 0. The van der Waals surface area contributed by atoms with Crippen LogP contribution in [0.15, 0.2) is 58.8 Å². The molecule has 0 spiro atoms. The van der Waals surface area contributed by atoms with Crippen molar-refractivity contribution in [1.82, 2.24) is 4.65 Å². The Labute approximate surface area is 172 Å². The number of fused-ring (bicyclic) bond motifs is 1. The molecular weight excluding hydrogens is 398 g/mol. The van der Waals surface area contributed by atoms with Crippen LogP contribution >= 0.6 is 0 Å². The maximum Gasteiger partial charge on any atom is 0.329 e. The van der Waals surface area contributed by atoms with Gasteiger partial charge in [0.05, 0.1) is 5.69 Å². The number of hydroxylamine groups is 2. The molecule has 3 rings (SSSR count). The zero-order chi connectivity index (χ0) is 21.2. The van der Waals surface area contributed by atoms with Gasteiger partial charge in [-0.25, -0.2) is 0 Å². The third-order valence-electron chi connectivity index (χ3n) is 5.01. The lowest BCUT2D eigenvalue weighted by Crippen LogP contribution is -2.69. The van der Waals surface area contributed by atoms with Crippen molar-refractivity contribution in [2.45, 2.75) is 20.1 Å². The molecule has 10 heteroatoms. The van der Waals surface area contributed by atoms with Gasteiger partial charge >= 0.3 is 6.29 Å². The van der Waals surface area contributed by atoms with Crippen LogP contribution in [0, 0.1) is 10.2 Å². The van der Waals surface area contributed by atoms with Crippen molar-refractivity contribution in [3.63, 3.8) is 0 Å². The molecule has 0 bridgehead atoms. The van der Waals surface area contributed by atoms with Crippen molar-refractivity contribution in [3.8, 4) is 0 Å². The van der Waals surface area contributed by atoms with E-state index in [2.05, 4.69) is 29.0 Å². The van der Waals surface area contributed by atoms with Crippen LogP contribution in [0.1, 0.15) is 13.8 Å². The number of azo groups is 1. The molecular formula is C19H25ClN5O4+. The minimum atomic E-state index is -4.68. The Morgan fingerprint density at radius 2 is 1.69 bits per heavy atom. The smallest absolute Gasteiger partial charge is 0.329 e. The summed E-state index contributed by atoms with van der Waals surface area (Å²) < 4.78 is 38.3. The molecule has 2 aromatic rings. The van der Waals surface area contributed by atoms with Crippen LogP contribution in [0.5, 0.6) is 0 Å². The minimum absolute atomic E-state index is 0.503. The van der Waals surface area contributed by atoms with Gasteiger partial charge in [0, 0.05) is 36.5 Å². The molecule has 29 heavy (non-hydrogen) atoms. The van der Waals surface area contributed by atoms with Gasteiger partial charge in [0.25, 0.3) is 4.39 Å². The third-order valence-corrected chi connectivity index (χ3v) is 5.47. The Morgan fingerprint density at radius 1 is 1.07 bits per heavy atom. The van der Waals surface area contributed by atoms with E-state index in [0.717, 1.165) is 18.8 Å². The Kier molecular flexibility index (Phi) is 6.08. The molecule has 2 atom stereocenters.